The largest absolute Gasteiger partial charge is 0.376 e. The molecule has 2 unspecified atom stereocenters. The zero-order chi connectivity index (χ0) is 13.5. The Morgan fingerprint density at radius 1 is 1.33 bits per heavy atom. The number of nitrogens with one attached hydrogen (secondary N) is 1. The topological polar surface area (TPSA) is 47.3 Å². The molecule has 0 heterocycles. The van der Waals surface area contributed by atoms with Gasteiger partial charge in [0.15, 0.2) is 0 Å². The van der Waals surface area contributed by atoms with E-state index in [1.54, 1.807) is 12.1 Å². The van der Waals surface area contributed by atoms with Crippen LogP contribution in [0.1, 0.15) is 38.3 Å². The quantitative estimate of drug-likeness (QED) is 0.595. The Hall–Kier alpha value is -0.320. The minimum Gasteiger partial charge on any atom is -0.376 e. The summed E-state index contributed by atoms with van der Waals surface area (Å²) in [5.74, 6) is 5.65. The van der Waals surface area contributed by atoms with Crippen molar-refractivity contribution in [2.75, 3.05) is 6.61 Å². The maximum absolute atomic E-state index is 6.20. The fourth-order valence-corrected chi connectivity index (χ4v) is 2.41. The fraction of sp³-hybridized carbons (Fsp3) is 0.538. The number of hydrogen-bond acceptors (Lipinski definition) is 3. The number of hydrogen-bond donors (Lipinski definition) is 2. The summed E-state index contributed by atoms with van der Waals surface area (Å²) in [6.07, 6.45) is 1.91. The molecule has 2 atom stereocenters. The number of ether oxygens (including phenoxy) is 1. The molecule has 0 saturated heterocycles. The number of rotatable bonds is 7. The highest BCUT2D eigenvalue weighted by molar-refractivity contribution is 6.33. The van der Waals surface area contributed by atoms with E-state index in [0.29, 0.717) is 16.7 Å². The fourth-order valence-electron chi connectivity index (χ4n) is 2.00. The molecule has 0 saturated carbocycles. The SMILES string of the molecule is CCCC(OCC)C(NN)c1cc(Cl)ccc1Cl. The van der Waals surface area contributed by atoms with Crippen molar-refractivity contribution in [2.24, 2.45) is 5.84 Å². The molecular weight excluding hydrogens is 271 g/mol. The third-order valence-corrected chi connectivity index (χ3v) is 3.38. The monoisotopic (exact) mass is 290 g/mol. The molecule has 102 valence electrons. The summed E-state index contributed by atoms with van der Waals surface area (Å²) in [5.41, 5.74) is 3.66. The van der Waals surface area contributed by atoms with Crippen LogP contribution >= 0.6 is 23.2 Å². The van der Waals surface area contributed by atoms with Crippen LogP contribution in [0.25, 0.3) is 0 Å². The Bertz CT molecular complexity index is 368. The van der Waals surface area contributed by atoms with Crippen LogP contribution in [0, 0.1) is 0 Å². The Balaban J connectivity index is 3.01. The van der Waals surface area contributed by atoms with Gasteiger partial charge in [0.25, 0.3) is 0 Å². The van der Waals surface area contributed by atoms with Crippen molar-refractivity contribution in [1.29, 1.82) is 0 Å². The van der Waals surface area contributed by atoms with Crippen LogP contribution in [0.2, 0.25) is 10.0 Å². The van der Waals surface area contributed by atoms with Crippen LogP contribution < -0.4 is 11.3 Å². The van der Waals surface area contributed by atoms with E-state index in [4.69, 9.17) is 33.8 Å². The van der Waals surface area contributed by atoms with Crippen molar-refractivity contribution < 1.29 is 4.74 Å². The molecule has 0 radical (unpaired) electrons. The van der Waals surface area contributed by atoms with Gasteiger partial charge in [-0.05, 0) is 37.1 Å². The molecule has 0 fully saturated rings. The lowest BCUT2D eigenvalue weighted by molar-refractivity contribution is 0.0276. The van der Waals surface area contributed by atoms with Gasteiger partial charge in [-0.15, -0.1) is 0 Å². The van der Waals surface area contributed by atoms with Gasteiger partial charge in [0.2, 0.25) is 0 Å². The van der Waals surface area contributed by atoms with Crippen LogP contribution in [0.15, 0.2) is 18.2 Å². The summed E-state index contributed by atoms with van der Waals surface area (Å²) in [5, 5.41) is 1.28. The molecule has 0 aromatic heterocycles. The Morgan fingerprint density at radius 2 is 2.06 bits per heavy atom. The van der Waals surface area contributed by atoms with E-state index in [1.807, 2.05) is 13.0 Å². The lowest BCUT2D eigenvalue weighted by atomic mass is 9.98. The average Bonchev–Trinajstić information content (AvgIpc) is 2.35. The molecule has 0 aliphatic heterocycles. The normalized spacial score (nSPS) is 14.5. The summed E-state index contributed by atoms with van der Waals surface area (Å²) >= 11 is 12.2. The van der Waals surface area contributed by atoms with Gasteiger partial charge in [-0.2, -0.15) is 0 Å². The maximum Gasteiger partial charge on any atom is 0.0783 e. The minimum atomic E-state index is -0.156. The van der Waals surface area contributed by atoms with Gasteiger partial charge in [-0.3, -0.25) is 11.3 Å². The highest BCUT2D eigenvalue weighted by Crippen LogP contribution is 2.30. The summed E-state index contributed by atoms with van der Waals surface area (Å²) < 4.78 is 5.74. The molecule has 0 bridgehead atoms. The van der Waals surface area contributed by atoms with Gasteiger partial charge in [-0.1, -0.05) is 36.5 Å². The zero-order valence-electron chi connectivity index (χ0n) is 10.7. The lowest BCUT2D eigenvalue weighted by Crippen LogP contribution is -2.38. The van der Waals surface area contributed by atoms with Crippen molar-refractivity contribution in [2.45, 2.75) is 38.8 Å². The van der Waals surface area contributed by atoms with Gasteiger partial charge in [0, 0.05) is 16.7 Å². The maximum atomic E-state index is 6.20. The van der Waals surface area contributed by atoms with Crippen molar-refractivity contribution in [3.05, 3.63) is 33.8 Å². The second-order valence-electron chi connectivity index (χ2n) is 4.09. The highest BCUT2D eigenvalue weighted by atomic mass is 35.5. The third kappa shape index (κ3) is 4.11. The molecule has 0 spiro atoms. The average molecular weight is 291 g/mol. The summed E-state index contributed by atoms with van der Waals surface area (Å²) in [4.78, 5) is 0. The molecule has 1 rings (SSSR count). The number of halogens is 2. The van der Waals surface area contributed by atoms with Gasteiger partial charge in [0.1, 0.15) is 0 Å². The Morgan fingerprint density at radius 3 is 2.61 bits per heavy atom. The molecular formula is C13H20Cl2N2O. The zero-order valence-corrected chi connectivity index (χ0v) is 12.3. The Labute approximate surface area is 119 Å². The van der Waals surface area contributed by atoms with E-state index in [2.05, 4.69) is 12.3 Å². The summed E-state index contributed by atoms with van der Waals surface area (Å²) in [6.45, 7) is 4.72. The first kappa shape index (κ1) is 15.7. The van der Waals surface area contributed by atoms with Crippen LogP contribution in [0.3, 0.4) is 0 Å². The molecule has 5 heteroatoms. The van der Waals surface area contributed by atoms with Gasteiger partial charge in [-0.25, -0.2) is 0 Å². The molecule has 1 aromatic rings. The first-order valence-electron chi connectivity index (χ1n) is 6.16. The first-order chi connectivity index (χ1) is 8.63. The molecule has 3 nitrogen and oxygen atoms in total. The predicted octanol–water partition coefficient (Wildman–Crippen LogP) is 3.70. The molecule has 0 amide bonds. The van der Waals surface area contributed by atoms with E-state index in [1.165, 1.54) is 0 Å². The number of nitrogens with two attached hydrogens (primary N) is 1. The predicted molar refractivity (Wildman–Crippen MR) is 76.8 cm³/mol. The van der Waals surface area contributed by atoms with Crippen LogP contribution in [0.4, 0.5) is 0 Å². The number of hydrazine groups is 1. The lowest BCUT2D eigenvalue weighted by Gasteiger charge is -2.27. The first-order valence-corrected chi connectivity index (χ1v) is 6.92. The highest BCUT2D eigenvalue weighted by Gasteiger charge is 2.24. The van der Waals surface area contributed by atoms with E-state index in [9.17, 15) is 0 Å². The van der Waals surface area contributed by atoms with Crippen molar-refractivity contribution in [1.82, 2.24) is 5.43 Å². The van der Waals surface area contributed by atoms with Crippen molar-refractivity contribution in [3.63, 3.8) is 0 Å². The van der Waals surface area contributed by atoms with Crippen LogP contribution in [-0.2, 0) is 4.74 Å². The van der Waals surface area contributed by atoms with Crippen molar-refractivity contribution in [3.8, 4) is 0 Å². The molecule has 3 N–H and O–H groups in total. The second-order valence-corrected chi connectivity index (χ2v) is 4.94. The van der Waals surface area contributed by atoms with Crippen LogP contribution in [-0.4, -0.2) is 12.7 Å². The van der Waals surface area contributed by atoms with Crippen molar-refractivity contribution >= 4 is 23.2 Å². The molecule has 18 heavy (non-hydrogen) atoms. The van der Waals surface area contributed by atoms with Gasteiger partial charge < -0.3 is 4.74 Å². The molecule has 1 aromatic carbocycles. The summed E-state index contributed by atoms with van der Waals surface area (Å²) in [6, 6.07) is 5.21. The van der Waals surface area contributed by atoms with E-state index in [0.717, 1.165) is 18.4 Å². The molecule has 0 aliphatic rings. The van der Waals surface area contributed by atoms with Gasteiger partial charge >= 0.3 is 0 Å². The Kier molecular flexibility index (Phi) is 6.97. The standard InChI is InChI=1S/C13H20Cl2N2O/c1-3-5-12(18-4-2)13(17-16)10-8-9(14)6-7-11(10)15/h6-8,12-13,17H,3-5,16H2,1-2H3. The molecule has 0 aliphatic carbocycles. The van der Waals surface area contributed by atoms with E-state index in [-0.39, 0.29) is 12.1 Å². The van der Waals surface area contributed by atoms with E-state index < -0.39 is 0 Å². The van der Waals surface area contributed by atoms with Crippen LogP contribution in [0.5, 0.6) is 0 Å². The smallest absolute Gasteiger partial charge is 0.0783 e. The third-order valence-electron chi connectivity index (χ3n) is 2.80. The number of benzene rings is 1. The minimum absolute atomic E-state index is 0.0130. The second kappa shape index (κ2) is 7.97. The summed E-state index contributed by atoms with van der Waals surface area (Å²) in [7, 11) is 0. The van der Waals surface area contributed by atoms with Gasteiger partial charge in [0.05, 0.1) is 12.1 Å². The van der Waals surface area contributed by atoms with E-state index >= 15 is 0 Å².